The maximum absolute atomic E-state index is 12.4. The van der Waals surface area contributed by atoms with Gasteiger partial charge in [0.1, 0.15) is 5.82 Å². The summed E-state index contributed by atoms with van der Waals surface area (Å²) in [5, 5.41) is 3.00. The highest BCUT2D eigenvalue weighted by atomic mass is 16.2. The van der Waals surface area contributed by atoms with Crippen molar-refractivity contribution in [1.82, 2.24) is 25.1 Å². The van der Waals surface area contributed by atoms with Crippen molar-refractivity contribution in [2.24, 2.45) is 0 Å². The first-order chi connectivity index (χ1) is 10.7. The topological polar surface area (TPSA) is 61.4 Å². The number of hydrogen-bond donors (Lipinski definition) is 1. The van der Waals surface area contributed by atoms with Gasteiger partial charge in [-0.25, -0.2) is 14.8 Å². The second kappa shape index (κ2) is 7.05. The number of carbonyl (C=O) groups excluding carboxylic acids is 1. The Kier molecular flexibility index (Phi) is 4.87. The standard InChI is InChI=1S/C16H25N5O/c1-13-17-7-6-14(19-13)11-18-16(22)21-10-4-5-15(21)12-20-8-2-3-9-20/h6-7,15H,2-5,8-12H2,1H3,(H,18,22)/t15-/m1/s1. The molecule has 3 heterocycles. The second-order valence-corrected chi connectivity index (χ2v) is 6.25. The Hall–Kier alpha value is -1.69. The average Bonchev–Trinajstić information content (AvgIpc) is 3.17. The highest BCUT2D eigenvalue weighted by molar-refractivity contribution is 5.74. The van der Waals surface area contributed by atoms with E-state index >= 15 is 0 Å². The van der Waals surface area contributed by atoms with Crippen molar-refractivity contribution in [2.45, 2.75) is 45.2 Å². The monoisotopic (exact) mass is 303 g/mol. The normalized spacial score (nSPS) is 22.2. The van der Waals surface area contributed by atoms with Crippen molar-refractivity contribution >= 4 is 6.03 Å². The SMILES string of the molecule is Cc1nccc(CNC(=O)N2CCC[C@@H]2CN2CCCC2)n1. The third-order valence-corrected chi connectivity index (χ3v) is 4.56. The fraction of sp³-hybridized carbons (Fsp3) is 0.688. The van der Waals surface area contributed by atoms with Gasteiger partial charge in [0.2, 0.25) is 0 Å². The summed E-state index contributed by atoms with van der Waals surface area (Å²) in [5.74, 6) is 0.736. The number of amides is 2. The van der Waals surface area contributed by atoms with Gasteiger partial charge in [0.25, 0.3) is 0 Å². The zero-order valence-corrected chi connectivity index (χ0v) is 13.3. The summed E-state index contributed by atoms with van der Waals surface area (Å²) in [6, 6.07) is 2.25. The number of carbonyl (C=O) groups is 1. The molecule has 0 aromatic carbocycles. The Balaban J connectivity index is 1.51. The van der Waals surface area contributed by atoms with E-state index in [0.29, 0.717) is 12.6 Å². The fourth-order valence-electron chi connectivity index (χ4n) is 3.43. The summed E-state index contributed by atoms with van der Waals surface area (Å²) in [5.41, 5.74) is 0.858. The van der Waals surface area contributed by atoms with Crippen molar-refractivity contribution in [2.75, 3.05) is 26.2 Å². The number of aryl methyl sites for hydroxylation is 1. The minimum atomic E-state index is 0.0398. The molecule has 0 unspecified atom stereocenters. The first-order valence-electron chi connectivity index (χ1n) is 8.28. The van der Waals surface area contributed by atoms with E-state index in [1.807, 2.05) is 17.9 Å². The van der Waals surface area contributed by atoms with Crippen LogP contribution in [0.15, 0.2) is 12.3 Å². The van der Waals surface area contributed by atoms with Crippen LogP contribution in [0.1, 0.15) is 37.2 Å². The lowest BCUT2D eigenvalue weighted by atomic mass is 10.2. The Morgan fingerprint density at radius 2 is 2.14 bits per heavy atom. The molecule has 0 spiro atoms. The van der Waals surface area contributed by atoms with Gasteiger partial charge < -0.3 is 15.1 Å². The third kappa shape index (κ3) is 3.74. The Morgan fingerprint density at radius 1 is 1.32 bits per heavy atom. The number of nitrogens with zero attached hydrogens (tertiary/aromatic N) is 4. The highest BCUT2D eigenvalue weighted by Gasteiger charge is 2.30. The second-order valence-electron chi connectivity index (χ2n) is 6.25. The van der Waals surface area contributed by atoms with Crippen molar-refractivity contribution in [3.63, 3.8) is 0 Å². The maximum Gasteiger partial charge on any atom is 0.318 e. The molecule has 1 aromatic rings. The highest BCUT2D eigenvalue weighted by Crippen LogP contribution is 2.20. The molecule has 2 aliphatic heterocycles. The molecule has 3 rings (SSSR count). The molecular formula is C16H25N5O. The van der Waals surface area contributed by atoms with E-state index in [-0.39, 0.29) is 6.03 Å². The van der Waals surface area contributed by atoms with Crippen LogP contribution in [0.5, 0.6) is 0 Å². The van der Waals surface area contributed by atoms with E-state index in [9.17, 15) is 4.79 Å². The van der Waals surface area contributed by atoms with Gasteiger partial charge in [0.15, 0.2) is 0 Å². The molecule has 6 heteroatoms. The Bertz CT molecular complexity index is 515. The zero-order valence-electron chi connectivity index (χ0n) is 13.3. The summed E-state index contributed by atoms with van der Waals surface area (Å²) < 4.78 is 0. The lowest BCUT2D eigenvalue weighted by Gasteiger charge is -2.28. The summed E-state index contributed by atoms with van der Waals surface area (Å²) >= 11 is 0. The van der Waals surface area contributed by atoms with Gasteiger partial charge in [-0.2, -0.15) is 0 Å². The molecule has 1 N–H and O–H groups in total. The molecule has 1 aromatic heterocycles. The van der Waals surface area contributed by atoms with Crippen molar-refractivity contribution in [1.29, 1.82) is 0 Å². The predicted octanol–water partition coefficient (Wildman–Crippen LogP) is 1.55. The number of rotatable bonds is 4. The molecule has 6 nitrogen and oxygen atoms in total. The quantitative estimate of drug-likeness (QED) is 0.917. The molecule has 0 radical (unpaired) electrons. The van der Waals surface area contributed by atoms with Crippen LogP contribution in [0.2, 0.25) is 0 Å². The number of hydrogen-bond acceptors (Lipinski definition) is 4. The predicted molar refractivity (Wildman–Crippen MR) is 84.4 cm³/mol. The van der Waals surface area contributed by atoms with Crippen LogP contribution in [-0.4, -0.2) is 58.0 Å². The van der Waals surface area contributed by atoms with E-state index in [4.69, 9.17) is 0 Å². The number of aromatic nitrogens is 2. The maximum atomic E-state index is 12.4. The molecule has 0 bridgehead atoms. The molecular weight excluding hydrogens is 278 g/mol. The first-order valence-corrected chi connectivity index (χ1v) is 8.28. The largest absolute Gasteiger partial charge is 0.332 e. The first kappa shape index (κ1) is 15.2. The number of nitrogens with one attached hydrogen (secondary N) is 1. The molecule has 1 atom stereocenters. The van der Waals surface area contributed by atoms with Gasteiger partial charge in [0.05, 0.1) is 12.2 Å². The van der Waals surface area contributed by atoms with Gasteiger partial charge in [0, 0.05) is 25.3 Å². The number of likely N-dealkylation sites (tertiary alicyclic amines) is 2. The molecule has 2 saturated heterocycles. The molecule has 120 valence electrons. The molecule has 0 saturated carbocycles. The molecule has 22 heavy (non-hydrogen) atoms. The molecule has 2 fully saturated rings. The lowest BCUT2D eigenvalue weighted by molar-refractivity contribution is 0.174. The van der Waals surface area contributed by atoms with E-state index in [0.717, 1.165) is 37.4 Å². The lowest BCUT2D eigenvalue weighted by Crippen LogP contribution is -2.46. The summed E-state index contributed by atoms with van der Waals surface area (Å²) in [6.45, 7) is 6.60. The molecule has 0 aliphatic carbocycles. The third-order valence-electron chi connectivity index (χ3n) is 4.56. The molecule has 2 aliphatic rings. The smallest absolute Gasteiger partial charge is 0.318 e. The minimum Gasteiger partial charge on any atom is -0.332 e. The number of urea groups is 1. The summed E-state index contributed by atoms with van der Waals surface area (Å²) in [4.78, 5) is 25.3. The van der Waals surface area contributed by atoms with Crippen LogP contribution in [0.4, 0.5) is 4.79 Å². The van der Waals surface area contributed by atoms with Crippen LogP contribution in [0.3, 0.4) is 0 Å². The molecule has 2 amide bonds. The van der Waals surface area contributed by atoms with Crippen molar-refractivity contribution < 1.29 is 4.79 Å². The van der Waals surface area contributed by atoms with Crippen molar-refractivity contribution in [3.05, 3.63) is 23.8 Å². The van der Waals surface area contributed by atoms with Crippen LogP contribution >= 0.6 is 0 Å². The van der Waals surface area contributed by atoms with Gasteiger partial charge >= 0.3 is 6.03 Å². The van der Waals surface area contributed by atoms with Gasteiger partial charge in [-0.05, 0) is 51.8 Å². The van der Waals surface area contributed by atoms with Gasteiger partial charge in [-0.1, -0.05) is 0 Å². The van der Waals surface area contributed by atoms with Crippen LogP contribution < -0.4 is 5.32 Å². The Morgan fingerprint density at radius 3 is 2.91 bits per heavy atom. The van der Waals surface area contributed by atoms with E-state index in [2.05, 4.69) is 20.2 Å². The average molecular weight is 303 g/mol. The van der Waals surface area contributed by atoms with Crippen molar-refractivity contribution in [3.8, 4) is 0 Å². The minimum absolute atomic E-state index is 0.0398. The van der Waals surface area contributed by atoms with E-state index in [1.54, 1.807) is 6.20 Å². The van der Waals surface area contributed by atoms with Crippen LogP contribution in [0, 0.1) is 6.92 Å². The fourth-order valence-corrected chi connectivity index (χ4v) is 3.43. The van der Waals surface area contributed by atoms with Crippen LogP contribution in [-0.2, 0) is 6.54 Å². The van der Waals surface area contributed by atoms with Gasteiger partial charge in [-0.15, -0.1) is 0 Å². The van der Waals surface area contributed by atoms with Gasteiger partial charge in [-0.3, -0.25) is 0 Å². The zero-order chi connectivity index (χ0) is 15.4. The Labute approximate surface area is 131 Å². The summed E-state index contributed by atoms with van der Waals surface area (Å²) in [7, 11) is 0. The van der Waals surface area contributed by atoms with E-state index < -0.39 is 0 Å². The van der Waals surface area contributed by atoms with Crippen LogP contribution in [0.25, 0.3) is 0 Å². The summed E-state index contributed by atoms with van der Waals surface area (Å²) in [6.07, 6.45) is 6.56. The van der Waals surface area contributed by atoms with E-state index in [1.165, 1.54) is 25.9 Å².